The summed E-state index contributed by atoms with van der Waals surface area (Å²) in [4.78, 5) is 15.2. The summed E-state index contributed by atoms with van der Waals surface area (Å²) in [5, 5.41) is 12.6. The highest BCUT2D eigenvalue weighted by Gasteiger charge is 2.22. The molecule has 1 N–H and O–H groups in total. The number of aromatic nitrogens is 3. The van der Waals surface area contributed by atoms with Crippen LogP contribution in [0.5, 0.6) is 5.75 Å². The fraction of sp³-hybridized carbons (Fsp3) is 0.423. The molecule has 1 unspecified atom stereocenters. The van der Waals surface area contributed by atoms with E-state index < -0.39 is 0 Å². The molecule has 4 rings (SSSR count). The number of methoxy groups -OCH3 is 1. The van der Waals surface area contributed by atoms with Crippen LogP contribution in [0, 0.1) is 0 Å². The molecule has 34 heavy (non-hydrogen) atoms. The van der Waals surface area contributed by atoms with Crippen molar-refractivity contribution in [2.24, 2.45) is 0 Å². The average Bonchev–Trinajstić information content (AvgIpc) is 3.51. The highest BCUT2D eigenvalue weighted by Crippen LogP contribution is 2.25. The van der Waals surface area contributed by atoms with Crippen molar-refractivity contribution in [2.75, 3.05) is 26.7 Å². The number of carbonyl (C=O) groups is 1. The molecule has 2 aromatic carbocycles. The number of hydrogen-bond donors (Lipinski definition) is 1. The van der Waals surface area contributed by atoms with E-state index in [-0.39, 0.29) is 11.2 Å². The van der Waals surface area contributed by atoms with Crippen molar-refractivity contribution < 1.29 is 9.53 Å². The molecular weight excluding hydrogens is 446 g/mol. The highest BCUT2D eigenvalue weighted by molar-refractivity contribution is 8.00. The molecule has 2 heterocycles. The van der Waals surface area contributed by atoms with Gasteiger partial charge in [0, 0.05) is 6.54 Å². The molecule has 1 saturated heterocycles. The van der Waals surface area contributed by atoms with Gasteiger partial charge in [-0.3, -0.25) is 9.69 Å². The van der Waals surface area contributed by atoms with Gasteiger partial charge in [-0.2, -0.15) is 0 Å². The Morgan fingerprint density at radius 1 is 1.03 bits per heavy atom. The Hall–Kier alpha value is -2.84. The fourth-order valence-electron chi connectivity index (χ4n) is 4.07. The Balaban J connectivity index is 1.37. The predicted molar refractivity (Wildman–Crippen MR) is 135 cm³/mol. The number of likely N-dealkylation sites (tertiary alicyclic amines) is 1. The zero-order valence-corrected chi connectivity index (χ0v) is 20.8. The standard InChI is InChI=1S/C26H33N5O2S/c1-20(25(32)27-15-14-21-10-12-23(33-2)13-11-21)34-26-29-28-24(19-30-16-6-7-17-30)31(26)18-22-8-4-3-5-9-22/h3-5,8-13,20H,6-7,14-19H2,1-2H3,(H,27,32). The first kappa shape index (κ1) is 24.3. The lowest BCUT2D eigenvalue weighted by molar-refractivity contribution is -0.120. The number of nitrogens with one attached hydrogen (secondary N) is 1. The number of benzene rings is 2. The van der Waals surface area contributed by atoms with E-state index in [0.717, 1.165) is 48.3 Å². The Morgan fingerprint density at radius 3 is 2.47 bits per heavy atom. The van der Waals surface area contributed by atoms with E-state index >= 15 is 0 Å². The molecule has 1 aliphatic heterocycles. The second-order valence-electron chi connectivity index (χ2n) is 8.60. The lowest BCUT2D eigenvalue weighted by Gasteiger charge is -2.17. The maximum Gasteiger partial charge on any atom is 0.233 e. The molecule has 1 atom stereocenters. The van der Waals surface area contributed by atoms with Crippen molar-refractivity contribution in [3.63, 3.8) is 0 Å². The van der Waals surface area contributed by atoms with Crippen LogP contribution in [0.2, 0.25) is 0 Å². The van der Waals surface area contributed by atoms with Gasteiger partial charge in [-0.05, 0) is 62.5 Å². The van der Waals surface area contributed by atoms with E-state index in [2.05, 4.69) is 37.1 Å². The van der Waals surface area contributed by atoms with Gasteiger partial charge < -0.3 is 14.6 Å². The summed E-state index contributed by atoms with van der Waals surface area (Å²) < 4.78 is 7.36. The van der Waals surface area contributed by atoms with Crippen LogP contribution >= 0.6 is 11.8 Å². The molecule has 0 spiro atoms. The second kappa shape index (κ2) is 12.0. The van der Waals surface area contributed by atoms with Crippen molar-refractivity contribution in [3.05, 3.63) is 71.5 Å². The molecule has 8 heteroatoms. The van der Waals surface area contributed by atoms with Crippen molar-refractivity contribution in [3.8, 4) is 5.75 Å². The first-order valence-electron chi connectivity index (χ1n) is 11.9. The quantitative estimate of drug-likeness (QED) is 0.422. The molecule has 0 radical (unpaired) electrons. The molecule has 1 aromatic heterocycles. The van der Waals surface area contributed by atoms with Gasteiger partial charge in [0.2, 0.25) is 5.91 Å². The number of ether oxygens (including phenoxy) is 1. The molecule has 3 aromatic rings. The maximum atomic E-state index is 12.8. The van der Waals surface area contributed by atoms with Gasteiger partial charge in [-0.1, -0.05) is 54.2 Å². The summed E-state index contributed by atoms with van der Waals surface area (Å²) in [6.45, 7) is 6.22. The summed E-state index contributed by atoms with van der Waals surface area (Å²) in [5.41, 5.74) is 2.36. The first-order chi connectivity index (χ1) is 16.6. The predicted octanol–water partition coefficient (Wildman–Crippen LogP) is 3.77. The third-order valence-corrected chi connectivity index (χ3v) is 7.14. The fourth-order valence-corrected chi connectivity index (χ4v) is 4.96. The van der Waals surface area contributed by atoms with Crippen molar-refractivity contribution in [2.45, 2.75) is 49.7 Å². The minimum Gasteiger partial charge on any atom is -0.497 e. The van der Waals surface area contributed by atoms with Gasteiger partial charge >= 0.3 is 0 Å². The van der Waals surface area contributed by atoms with Gasteiger partial charge in [0.15, 0.2) is 5.16 Å². The minimum absolute atomic E-state index is 0.00821. The molecule has 1 fully saturated rings. The third-order valence-electron chi connectivity index (χ3n) is 6.06. The molecule has 7 nitrogen and oxygen atoms in total. The average molecular weight is 480 g/mol. The number of carbonyl (C=O) groups excluding carboxylic acids is 1. The molecule has 0 saturated carbocycles. The van der Waals surface area contributed by atoms with E-state index in [1.54, 1.807) is 7.11 Å². The second-order valence-corrected chi connectivity index (χ2v) is 9.91. The van der Waals surface area contributed by atoms with Crippen LogP contribution in [0.3, 0.4) is 0 Å². The SMILES string of the molecule is COc1ccc(CCNC(=O)C(C)Sc2nnc(CN3CCCC3)n2Cc2ccccc2)cc1. The number of hydrogen-bond acceptors (Lipinski definition) is 6. The first-order valence-corrected chi connectivity index (χ1v) is 12.8. The van der Waals surface area contributed by atoms with E-state index in [1.165, 1.54) is 30.2 Å². The zero-order chi connectivity index (χ0) is 23.8. The van der Waals surface area contributed by atoms with Crippen LogP contribution in [0.15, 0.2) is 59.8 Å². The Bertz CT molecular complexity index is 1050. The Morgan fingerprint density at radius 2 is 1.76 bits per heavy atom. The maximum absolute atomic E-state index is 12.8. The van der Waals surface area contributed by atoms with Gasteiger partial charge in [-0.15, -0.1) is 10.2 Å². The van der Waals surface area contributed by atoms with Gasteiger partial charge in [0.25, 0.3) is 0 Å². The van der Waals surface area contributed by atoms with Crippen LogP contribution in [0.4, 0.5) is 0 Å². The largest absolute Gasteiger partial charge is 0.497 e. The normalized spacial score (nSPS) is 14.8. The van der Waals surface area contributed by atoms with Gasteiger partial charge in [0.1, 0.15) is 11.6 Å². The molecule has 0 aliphatic carbocycles. The molecule has 1 amide bonds. The highest BCUT2D eigenvalue weighted by atomic mass is 32.2. The number of rotatable bonds is 11. The van der Waals surface area contributed by atoms with Gasteiger partial charge in [0.05, 0.1) is 25.4 Å². The smallest absolute Gasteiger partial charge is 0.233 e. The summed E-state index contributed by atoms with van der Waals surface area (Å²) in [6, 6.07) is 18.3. The number of nitrogens with zero attached hydrogens (tertiary/aromatic N) is 4. The third kappa shape index (κ3) is 6.61. The topological polar surface area (TPSA) is 72.3 Å². The summed E-state index contributed by atoms with van der Waals surface area (Å²) in [6.07, 6.45) is 3.25. The van der Waals surface area contributed by atoms with E-state index in [1.807, 2.05) is 49.4 Å². The number of thioether (sulfide) groups is 1. The minimum atomic E-state index is -0.269. The lowest BCUT2D eigenvalue weighted by atomic mass is 10.1. The lowest BCUT2D eigenvalue weighted by Crippen LogP contribution is -2.32. The van der Waals surface area contributed by atoms with Gasteiger partial charge in [-0.25, -0.2) is 0 Å². The Kier molecular flexibility index (Phi) is 8.60. The van der Waals surface area contributed by atoms with Crippen molar-refractivity contribution >= 4 is 17.7 Å². The summed E-state index contributed by atoms with van der Waals surface area (Å²) in [7, 11) is 1.66. The summed E-state index contributed by atoms with van der Waals surface area (Å²) >= 11 is 1.47. The molecule has 180 valence electrons. The molecular formula is C26H33N5O2S. The van der Waals surface area contributed by atoms with Crippen LogP contribution in [0.25, 0.3) is 0 Å². The number of amides is 1. The van der Waals surface area contributed by atoms with Crippen LogP contribution in [0.1, 0.15) is 36.7 Å². The van der Waals surface area contributed by atoms with E-state index in [9.17, 15) is 4.79 Å². The summed E-state index contributed by atoms with van der Waals surface area (Å²) in [5.74, 6) is 1.80. The van der Waals surface area contributed by atoms with Crippen molar-refractivity contribution in [1.82, 2.24) is 25.0 Å². The Labute approximate surface area is 205 Å². The molecule has 1 aliphatic rings. The van der Waals surface area contributed by atoms with Crippen molar-refractivity contribution in [1.29, 1.82) is 0 Å². The van der Waals surface area contributed by atoms with E-state index in [0.29, 0.717) is 13.1 Å². The monoisotopic (exact) mass is 479 g/mol. The zero-order valence-electron chi connectivity index (χ0n) is 19.9. The van der Waals surface area contributed by atoms with E-state index in [4.69, 9.17) is 4.74 Å². The van der Waals surface area contributed by atoms with Crippen LogP contribution in [-0.2, 0) is 24.3 Å². The molecule has 0 bridgehead atoms. The van der Waals surface area contributed by atoms with Crippen LogP contribution < -0.4 is 10.1 Å². The van der Waals surface area contributed by atoms with Crippen LogP contribution in [-0.4, -0.2) is 57.6 Å².